The number of hydrogen-bond donors (Lipinski definition) is 1. The highest BCUT2D eigenvalue weighted by Gasteiger charge is 2.43. The van der Waals surface area contributed by atoms with Gasteiger partial charge >= 0.3 is 0 Å². The Kier molecular flexibility index (Phi) is 3.42. The van der Waals surface area contributed by atoms with E-state index >= 15 is 0 Å². The first kappa shape index (κ1) is 12.1. The molecule has 1 aliphatic rings. The molecule has 19 heavy (non-hydrogen) atoms. The summed E-state index contributed by atoms with van der Waals surface area (Å²) >= 11 is 1.60. The molecular weight excluding hydrogens is 256 g/mol. The molecule has 96 valence electrons. The van der Waals surface area contributed by atoms with E-state index in [0.717, 1.165) is 11.3 Å². The van der Waals surface area contributed by atoms with Gasteiger partial charge in [-0.25, -0.2) is 5.43 Å². The Morgan fingerprint density at radius 1 is 1.26 bits per heavy atom. The van der Waals surface area contributed by atoms with Gasteiger partial charge in [-0.2, -0.15) is 5.10 Å². The smallest absolute Gasteiger partial charge is 0.243 e. The summed E-state index contributed by atoms with van der Waals surface area (Å²) in [5.41, 5.74) is 3.86. The van der Waals surface area contributed by atoms with Gasteiger partial charge in [-0.1, -0.05) is 36.4 Å². The molecule has 4 heteroatoms. The number of hydrazone groups is 1. The van der Waals surface area contributed by atoms with E-state index in [1.165, 1.54) is 5.56 Å². The molecule has 1 fully saturated rings. The van der Waals surface area contributed by atoms with Gasteiger partial charge in [0.05, 0.1) is 6.21 Å². The van der Waals surface area contributed by atoms with Crippen molar-refractivity contribution in [1.82, 2.24) is 5.43 Å². The number of amides is 1. The predicted molar refractivity (Wildman–Crippen MR) is 77.3 cm³/mol. The molecule has 1 amide bonds. The van der Waals surface area contributed by atoms with Gasteiger partial charge in [-0.15, -0.1) is 11.3 Å². The van der Waals surface area contributed by atoms with Crippen molar-refractivity contribution in [2.24, 2.45) is 11.0 Å². The van der Waals surface area contributed by atoms with Crippen LogP contribution in [0.3, 0.4) is 0 Å². The highest BCUT2D eigenvalue weighted by atomic mass is 32.1. The van der Waals surface area contributed by atoms with E-state index in [-0.39, 0.29) is 11.8 Å². The fourth-order valence-electron chi connectivity index (χ4n) is 2.16. The van der Waals surface area contributed by atoms with Crippen LogP contribution in [0.2, 0.25) is 0 Å². The minimum Gasteiger partial charge on any atom is -0.273 e. The van der Waals surface area contributed by atoms with Crippen molar-refractivity contribution < 1.29 is 4.79 Å². The Morgan fingerprint density at radius 3 is 2.84 bits per heavy atom. The van der Waals surface area contributed by atoms with Crippen LogP contribution in [0, 0.1) is 5.92 Å². The Morgan fingerprint density at radius 2 is 2.11 bits per heavy atom. The summed E-state index contributed by atoms with van der Waals surface area (Å²) in [6, 6.07) is 14.1. The summed E-state index contributed by atoms with van der Waals surface area (Å²) in [5.74, 6) is 0.447. The average molecular weight is 270 g/mol. The molecule has 2 aromatic rings. The number of nitrogens with zero attached hydrogens (tertiary/aromatic N) is 1. The van der Waals surface area contributed by atoms with E-state index in [1.807, 2.05) is 35.7 Å². The summed E-state index contributed by atoms with van der Waals surface area (Å²) in [6.07, 6.45) is 2.60. The van der Waals surface area contributed by atoms with Gasteiger partial charge in [0.25, 0.3) is 0 Å². The average Bonchev–Trinajstić information content (AvgIpc) is 3.09. The first-order valence-corrected chi connectivity index (χ1v) is 7.14. The van der Waals surface area contributed by atoms with Crippen LogP contribution in [0.15, 0.2) is 52.9 Å². The second-order valence-electron chi connectivity index (χ2n) is 4.61. The highest BCUT2D eigenvalue weighted by molar-refractivity contribution is 7.11. The third kappa shape index (κ3) is 2.90. The molecule has 0 bridgehead atoms. The molecule has 0 unspecified atom stereocenters. The van der Waals surface area contributed by atoms with E-state index < -0.39 is 0 Å². The fraction of sp³-hybridized carbons (Fsp3) is 0.200. The van der Waals surface area contributed by atoms with Crippen molar-refractivity contribution in [2.75, 3.05) is 0 Å². The molecule has 0 aliphatic heterocycles. The highest BCUT2D eigenvalue weighted by Crippen LogP contribution is 2.47. The Balaban J connectivity index is 1.53. The normalized spacial score (nSPS) is 21.5. The molecule has 0 spiro atoms. The van der Waals surface area contributed by atoms with E-state index in [9.17, 15) is 4.79 Å². The fourth-order valence-corrected chi connectivity index (χ4v) is 2.75. The van der Waals surface area contributed by atoms with Crippen LogP contribution in [-0.4, -0.2) is 12.1 Å². The summed E-state index contributed by atoms with van der Waals surface area (Å²) in [7, 11) is 0. The largest absolute Gasteiger partial charge is 0.273 e. The first-order chi connectivity index (χ1) is 9.34. The number of hydrogen-bond acceptors (Lipinski definition) is 3. The van der Waals surface area contributed by atoms with Crippen LogP contribution in [0.5, 0.6) is 0 Å². The molecule has 1 aliphatic carbocycles. The van der Waals surface area contributed by atoms with Gasteiger partial charge in [0.15, 0.2) is 0 Å². The number of benzene rings is 1. The number of carbonyl (C=O) groups is 1. The summed E-state index contributed by atoms with van der Waals surface area (Å²) < 4.78 is 0. The number of thiophene rings is 1. The maximum Gasteiger partial charge on any atom is 0.243 e. The summed E-state index contributed by atoms with van der Waals surface area (Å²) in [5, 5.41) is 5.97. The number of rotatable bonds is 4. The lowest BCUT2D eigenvalue weighted by Crippen LogP contribution is -2.19. The van der Waals surface area contributed by atoms with Crippen LogP contribution in [0.1, 0.15) is 22.8 Å². The standard InChI is InChI=1S/C15H14N2OS/c18-15(17-16-10-12-7-4-8-19-12)14-9-13(14)11-5-2-1-3-6-11/h1-8,10,13-14H,9H2,(H,17,18)/b16-10+/t13-,14-/m1/s1. The van der Waals surface area contributed by atoms with Crippen molar-refractivity contribution in [3.63, 3.8) is 0 Å². The molecule has 0 radical (unpaired) electrons. The van der Waals surface area contributed by atoms with Gasteiger partial charge in [-0.05, 0) is 29.3 Å². The van der Waals surface area contributed by atoms with E-state index in [2.05, 4.69) is 22.7 Å². The van der Waals surface area contributed by atoms with Crippen molar-refractivity contribution in [3.05, 3.63) is 58.3 Å². The molecule has 3 nitrogen and oxygen atoms in total. The van der Waals surface area contributed by atoms with Gasteiger partial charge in [0.1, 0.15) is 0 Å². The first-order valence-electron chi connectivity index (χ1n) is 6.26. The quantitative estimate of drug-likeness (QED) is 0.673. The second kappa shape index (κ2) is 5.36. The third-order valence-corrected chi connectivity index (χ3v) is 4.07. The molecule has 1 N–H and O–H groups in total. The molecule has 1 aromatic carbocycles. The zero-order valence-electron chi connectivity index (χ0n) is 10.3. The maximum atomic E-state index is 11.9. The van der Waals surface area contributed by atoms with Gasteiger partial charge in [-0.3, -0.25) is 4.79 Å². The minimum atomic E-state index is 0.0154. The van der Waals surface area contributed by atoms with E-state index in [4.69, 9.17) is 0 Å². The van der Waals surface area contributed by atoms with E-state index in [0.29, 0.717) is 5.92 Å². The SMILES string of the molecule is O=C(N/N=C/c1cccs1)[C@@H]1C[C@@H]1c1ccccc1. The van der Waals surface area contributed by atoms with Crippen LogP contribution in [0.4, 0.5) is 0 Å². The van der Waals surface area contributed by atoms with E-state index in [1.54, 1.807) is 17.6 Å². The lowest BCUT2D eigenvalue weighted by molar-refractivity contribution is -0.122. The summed E-state index contributed by atoms with van der Waals surface area (Å²) in [4.78, 5) is 12.9. The lowest BCUT2D eigenvalue weighted by atomic mass is 10.1. The topological polar surface area (TPSA) is 41.5 Å². The third-order valence-electron chi connectivity index (χ3n) is 3.26. The second-order valence-corrected chi connectivity index (χ2v) is 5.59. The van der Waals surface area contributed by atoms with Crippen LogP contribution in [0.25, 0.3) is 0 Å². The van der Waals surface area contributed by atoms with Gasteiger partial charge < -0.3 is 0 Å². The van der Waals surface area contributed by atoms with Crippen molar-refractivity contribution in [1.29, 1.82) is 0 Å². The van der Waals surface area contributed by atoms with Crippen LogP contribution < -0.4 is 5.43 Å². The van der Waals surface area contributed by atoms with Gasteiger partial charge in [0, 0.05) is 10.8 Å². The molecule has 0 saturated heterocycles. The monoisotopic (exact) mass is 270 g/mol. The molecule has 2 atom stereocenters. The zero-order chi connectivity index (χ0) is 13.1. The molecule has 1 aromatic heterocycles. The minimum absolute atomic E-state index is 0.0154. The van der Waals surface area contributed by atoms with Crippen molar-refractivity contribution >= 4 is 23.5 Å². The Labute approximate surface area is 116 Å². The van der Waals surface area contributed by atoms with Gasteiger partial charge in [0.2, 0.25) is 5.91 Å². The lowest BCUT2D eigenvalue weighted by Gasteiger charge is -1.99. The number of carbonyl (C=O) groups excluding carboxylic acids is 1. The Hall–Kier alpha value is -1.94. The molecule has 1 saturated carbocycles. The summed E-state index contributed by atoms with van der Waals surface area (Å²) in [6.45, 7) is 0. The maximum absolute atomic E-state index is 11.9. The molecular formula is C15H14N2OS. The molecule has 1 heterocycles. The van der Waals surface area contributed by atoms with Crippen molar-refractivity contribution in [3.8, 4) is 0 Å². The zero-order valence-corrected chi connectivity index (χ0v) is 11.1. The van der Waals surface area contributed by atoms with Crippen LogP contribution >= 0.6 is 11.3 Å². The predicted octanol–water partition coefficient (Wildman–Crippen LogP) is 3.00. The Bertz CT molecular complexity index is 577. The van der Waals surface area contributed by atoms with Crippen LogP contribution in [-0.2, 0) is 4.79 Å². The van der Waals surface area contributed by atoms with Crippen molar-refractivity contribution in [2.45, 2.75) is 12.3 Å². The number of nitrogens with one attached hydrogen (secondary N) is 1. The molecule has 3 rings (SSSR count).